The van der Waals surface area contributed by atoms with Crippen molar-refractivity contribution in [1.82, 2.24) is 0 Å². The quantitative estimate of drug-likeness (QED) is 0.0939. The molecule has 0 aliphatic rings. The zero-order chi connectivity index (χ0) is 44.4. The normalized spacial score (nSPS) is 15.3. The summed E-state index contributed by atoms with van der Waals surface area (Å²) < 4.78 is 3.39. The van der Waals surface area contributed by atoms with Gasteiger partial charge in [-0.1, -0.05) is 20.8 Å². The van der Waals surface area contributed by atoms with Crippen molar-refractivity contribution in [2.24, 2.45) is 0 Å². The minimum absolute atomic E-state index is 0.243. The average molecular weight is 796 g/mol. The van der Waals surface area contributed by atoms with Crippen LogP contribution in [0.3, 0.4) is 0 Å². The summed E-state index contributed by atoms with van der Waals surface area (Å²) in [4.78, 5) is 30.0. The average Bonchev–Trinajstić information content (AvgIpc) is 3.14. The lowest BCUT2D eigenvalue weighted by atomic mass is 9.89. The minimum atomic E-state index is -2.97. The lowest BCUT2D eigenvalue weighted by molar-refractivity contribution is -0.971. The van der Waals surface area contributed by atoms with Crippen LogP contribution in [-0.4, -0.2) is 153 Å². The number of quaternary nitrogens is 3. The van der Waals surface area contributed by atoms with Crippen molar-refractivity contribution in [3.8, 4) is 0 Å². The molecule has 0 saturated carbocycles. The van der Waals surface area contributed by atoms with E-state index in [1.807, 2.05) is 0 Å². The molecule has 0 rings (SSSR count). The van der Waals surface area contributed by atoms with Gasteiger partial charge >= 0.3 is 0 Å². The van der Waals surface area contributed by atoms with Crippen LogP contribution in [0.5, 0.6) is 0 Å². The number of aliphatic hydroxyl groups is 4. The summed E-state index contributed by atoms with van der Waals surface area (Å²) in [5, 5.41) is 66.4. The maximum Gasteiger partial charge on any atom is 0.114 e. The molecule has 0 saturated heterocycles. The van der Waals surface area contributed by atoms with Crippen LogP contribution in [0.4, 0.5) is 0 Å². The lowest BCUT2D eigenvalue weighted by Crippen LogP contribution is -2.62. The summed E-state index contributed by atoms with van der Waals surface area (Å²) in [5.41, 5.74) is -2.25. The molecule has 3 atom stereocenters. The molecule has 13 heteroatoms. The first-order valence-corrected chi connectivity index (χ1v) is 21.2. The van der Waals surface area contributed by atoms with Gasteiger partial charge < -0.3 is 63.6 Å². The van der Waals surface area contributed by atoms with Crippen molar-refractivity contribution >= 4 is 17.9 Å². The smallest absolute Gasteiger partial charge is 0.114 e. The van der Waals surface area contributed by atoms with Crippen molar-refractivity contribution in [3.05, 3.63) is 0 Å². The second-order valence-electron chi connectivity index (χ2n) is 15.7. The summed E-state index contributed by atoms with van der Waals surface area (Å²) in [6, 6.07) is 0. The number of aliphatic hydroxyl groups excluding tert-OH is 3. The number of carboxylic acid groups (broad SMARTS) is 3. The van der Waals surface area contributed by atoms with Gasteiger partial charge in [0.05, 0.1) is 81.5 Å². The number of hydrogen-bond donors (Lipinski definition) is 4. The van der Waals surface area contributed by atoms with Gasteiger partial charge in [0.15, 0.2) is 0 Å². The Kier molecular flexibility index (Phi) is 31.0. The first-order valence-electron chi connectivity index (χ1n) is 21.2. The molecule has 3 unspecified atom stereocenters. The number of hydrogen-bond acceptors (Lipinski definition) is 10. The van der Waals surface area contributed by atoms with Crippen LogP contribution < -0.4 is 15.3 Å². The molecule has 0 radical (unpaired) electrons. The molecule has 0 fully saturated rings. The molecule has 0 aliphatic heterocycles. The number of carbonyl (C=O) groups excluding carboxylic acids is 3. The molecule has 13 nitrogen and oxygen atoms in total. The number of carboxylic acids is 3. The Morgan fingerprint density at radius 1 is 0.436 bits per heavy atom. The third kappa shape index (κ3) is 16.5. The first-order chi connectivity index (χ1) is 25.4. The molecule has 0 amide bonds. The monoisotopic (exact) mass is 796 g/mol. The third-order valence-electron chi connectivity index (χ3n) is 14.4. The predicted molar refractivity (Wildman–Crippen MR) is 216 cm³/mol. The van der Waals surface area contributed by atoms with Crippen molar-refractivity contribution in [2.45, 2.75) is 177 Å². The van der Waals surface area contributed by atoms with Crippen molar-refractivity contribution in [2.75, 3.05) is 78.7 Å². The molecule has 0 spiro atoms. The fourth-order valence-corrected chi connectivity index (χ4v) is 9.10. The fraction of sp³-hybridized carbons (Fsp3) is 0.929. The van der Waals surface area contributed by atoms with Crippen molar-refractivity contribution < 1.29 is 63.6 Å². The van der Waals surface area contributed by atoms with Crippen LogP contribution in [-0.2, 0) is 14.4 Å². The van der Waals surface area contributed by atoms with Crippen LogP contribution in [0.1, 0.15) is 155 Å². The van der Waals surface area contributed by atoms with Crippen LogP contribution in [0.2, 0.25) is 0 Å². The van der Waals surface area contributed by atoms with Gasteiger partial charge in [-0.05, 0) is 102 Å². The SMILES string of the molecule is CCC(C)(CCO)[N+](CC)(CC)CC.CCC(C)(CCO)[N+](CC)(CC)CC.CCC(C)(CCO)[N+](CC)(CC)CC.O=C([O-])CC(O)(CC(=O)[O-])C(=O)[O-]. The number of carbonyl (C=O) groups is 3. The molecule has 0 heterocycles. The molecular formula is C42H89N3O10. The maximum atomic E-state index is 10.1. The van der Waals surface area contributed by atoms with Gasteiger partial charge in [-0.3, -0.25) is 0 Å². The van der Waals surface area contributed by atoms with Crippen LogP contribution in [0, 0.1) is 0 Å². The van der Waals surface area contributed by atoms with Gasteiger partial charge in [-0.25, -0.2) is 0 Å². The Hall–Kier alpha value is -1.87. The van der Waals surface area contributed by atoms with Crippen LogP contribution in [0.25, 0.3) is 0 Å². The molecule has 0 aromatic carbocycles. The predicted octanol–water partition coefficient (Wildman–Crippen LogP) is 1.99. The summed E-state index contributed by atoms with van der Waals surface area (Å²) in [5.74, 6) is -5.98. The van der Waals surface area contributed by atoms with Crippen LogP contribution >= 0.6 is 0 Å². The molecule has 332 valence electrons. The van der Waals surface area contributed by atoms with E-state index in [4.69, 9.17) is 5.11 Å². The second kappa shape index (κ2) is 28.5. The van der Waals surface area contributed by atoms with Gasteiger partial charge in [0.25, 0.3) is 0 Å². The Morgan fingerprint density at radius 3 is 0.709 bits per heavy atom. The highest BCUT2D eigenvalue weighted by molar-refractivity contribution is 5.86. The van der Waals surface area contributed by atoms with Crippen molar-refractivity contribution in [3.63, 3.8) is 0 Å². The summed E-state index contributed by atoms with van der Waals surface area (Å²) in [6.45, 7) is 45.4. The fourth-order valence-electron chi connectivity index (χ4n) is 9.10. The summed E-state index contributed by atoms with van der Waals surface area (Å²) in [7, 11) is 0. The molecule has 0 bridgehead atoms. The Balaban J connectivity index is -0.000000315. The Morgan fingerprint density at radius 2 is 0.618 bits per heavy atom. The van der Waals surface area contributed by atoms with Gasteiger partial charge in [0, 0.05) is 63.9 Å². The number of nitrogens with zero attached hydrogens (tertiary/aromatic N) is 3. The van der Waals surface area contributed by atoms with Gasteiger partial charge in [0.2, 0.25) is 0 Å². The largest absolute Gasteiger partial charge is 0.550 e. The second-order valence-corrected chi connectivity index (χ2v) is 15.7. The van der Waals surface area contributed by atoms with Gasteiger partial charge in [0.1, 0.15) is 5.60 Å². The van der Waals surface area contributed by atoms with E-state index in [2.05, 4.69) is 104 Å². The van der Waals surface area contributed by atoms with Gasteiger partial charge in [-0.15, -0.1) is 0 Å². The number of rotatable bonds is 26. The lowest BCUT2D eigenvalue weighted by Gasteiger charge is -2.50. The molecule has 4 N–H and O–H groups in total. The summed E-state index contributed by atoms with van der Waals surface area (Å²) >= 11 is 0. The topological polar surface area (TPSA) is 201 Å². The molecular weight excluding hydrogens is 706 g/mol. The van der Waals surface area contributed by atoms with E-state index in [1.54, 1.807) is 0 Å². The standard InChI is InChI=1S/3C12H28NO.C6H8O7/c3*1-6-12(5,10-11-14)13(7-2,8-3)9-4;7-3(8)1-6(13,5(11)12)2-4(9)10/h3*14H,6-11H2,1-5H3;13H,1-2H2,(H,7,8)(H,9,10)(H,11,12)/q3*+1;/p-3. The zero-order valence-corrected chi connectivity index (χ0v) is 38.2. The van der Waals surface area contributed by atoms with E-state index in [1.165, 1.54) is 0 Å². The maximum absolute atomic E-state index is 10.1. The molecule has 0 aromatic rings. The first kappa shape index (κ1) is 59.8. The third-order valence-corrected chi connectivity index (χ3v) is 14.4. The Labute approximate surface area is 337 Å². The number of aliphatic carboxylic acids is 3. The molecule has 0 aliphatic carbocycles. The highest BCUT2D eigenvalue weighted by atomic mass is 16.4. The van der Waals surface area contributed by atoms with E-state index < -0.39 is 36.4 Å². The van der Waals surface area contributed by atoms with Gasteiger partial charge in [-0.2, -0.15) is 0 Å². The van der Waals surface area contributed by atoms with Crippen LogP contribution in [0.15, 0.2) is 0 Å². The van der Waals surface area contributed by atoms with E-state index in [0.717, 1.165) is 111 Å². The summed E-state index contributed by atoms with van der Waals surface area (Å²) in [6.07, 6.45) is 3.46. The van der Waals surface area contributed by atoms with E-state index in [-0.39, 0.29) is 16.6 Å². The minimum Gasteiger partial charge on any atom is -0.550 e. The zero-order valence-electron chi connectivity index (χ0n) is 38.2. The van der Waals surface area contributed by atoms with E-state index in [9.17, 15) is 45.0 Å². The Bertz CT molecular complexity index is 907. The van der Waals surface area contributed by atoms with E-state index >= 15 is 0 Å². The van der Waals surface area contributed by atoms with E-state index in [0.29, 0.717) is 19.8 Å². The molecule has 55 heavy (non-hydrogen) atoms. The highest BCUT2D eigenvalue weighted by Gasteiger charge is 2.43. The highest BCUT2D eigenvalue weighted by Crippen LogP contribution is 2.33. The molecule has 0 aromatic heterocycles. The van der Waals surface area contributed by atoms with Crippen molar-refractivity contribution in [1.29, 1.82) is 0 Å².